The van der Waals surface area contributed by atoms with Crippen LogP contribution in [0.2, 0.25) is 0 Å². The number of alkyl halides is 2. The van der Waals surface area contributed by atoms with Crippen molar-refractivity contribution in [1.82, 2.24) is 30.4 Å². The summed E-state index contributed by atoms with van der Waals surface area (Å²) < 4.78 is 51.2. The van der Waals surface area contributed by atoms with Gasteiger partial charge < -0.3 is 44.7 Å². The van der Waals surface area contributed by atoms with E-state index >= 15 is 13.2 Å². The highest BCUT2D eigenvalue weighted by molar-refractivity contribution is 6.02. The molecule has 20 heteroatoms. The number of halogens is 3. The van der Waals surface area contributed by atoms with Gasteiger partial charge in [0, 0.05) is 102 Å². The highest BCUT2D eigenvalue weighted by Crippen LogP contribution is 2.40. The Hall–Kier alpha value is -6.02. The van der Waals surface area contributed by atoms with E-state index in [1.165, 1.54) is 26.4 Å². The Kier molecular flexibility index (Phi) is 14.0. The SMILES string of the molecule is COc1cc(C(=O)NC2CCN(CC(C=O)CN3CCN(c4ccc(N(C)C5CCC(=O)NC5=O)cc4F)CC3)CC2)ccc1Nc1ncc2c(n1)N(C1CCCC1)CC(F)(F)C(=O)N2C. The zero-order valence-electron chi connectivity index (χ0n) is 37.6. The van der Waals surface area contributed by atoms with Crippen LogP contribution in [-0.4, -0.2) is 154 Å². The number of nitrogens with zero attached hydrogens (tertiary/aromatic N) is 8. The Balaban J connectivity index is 0.800. The molecule has 66 heavy (non-hydrogen) atoms. The largest absolute Gasteiger partial charge is 0.495 e. The first-order valence-corrected chi connectivity index (χ1v) is 22.8. The lowest BCUT2D eigenvalue weighted by Gasteiger charge is -2.38. The van der Waals surface area contributed by atoms with Gasteiger partial charge in [0.1, 0.15) is 29.6 Å². The Morgan fingerprint density at radius 3 is 2.35 bits per heavy atom. The fraction of sp³-hybridized carbons (Fsp3) is 0.543. The topological polar surface area (TPSA) is 176 Å². The van der Waals surface area contributed by atoms with Crippen molar-refractivity contribution in [3.05, 3.63) is 54.0 Å². The maximum absolute atomic E-state index is 15.4. The molecule has 17 nitrogen and oxygen atoms in total. The standard InChI is InChI=1S/C46H58F3N11O6/c1-55(37-12-13-40(62)53-43(37)64)33-9-11-36(34(47)23-33)59-20-18-58(19-21-59)26-29(27-61)25-57-16-14-31(15-17-57)51-42(63)30-8-10-35(39(22-30)66-3)52-45-50-24-38-41(54-45)60(32-6-4-5-7-32)28-46(48,49)44(65)56(38)2/h8-11,22-24,27,29,31-32,37H,4-7,12-21,25-26,28H2,1-3H3,(H,51,63)(H,50,52,54)(H,53,62,64). The normalized spacial score (nSPS) is 21.5. The smallest absolute Gasteiger partial charge is 0.342 e. The summed E-state index contributed by atoms with van der Waals surface area (Å²) in [6, 6.07) is 9.09. The van der Waals surface area contributed by atoms with E-state index in [0.717, 1.165) is 36.9 Å². The van der Waals surface area contributed by atoms with Gasteiger partial charge in [0.15, 0.2) is 5.82 Å². The first kappa shape index (κ1) is 46.5. The summed E-state index contributed by atoms with van der Waals surface area (Å²) in [6.07, 6.45) is 7.67. The van der Waals surface area contributed by atoms with E-state index in [1.807, 2.05) is 4.90 Å². The number of likely N-dealkylation sites (N-methyl/N-ethyl adjacent to an activating group) is 1. The summed E-state index contributed by atoms with van der Waals surface area (Å²) in [5.41, 5.74) is 2.09. The molecule has 0 bridgehead atoms. The molecule has 354 valence electrons. The van der Waals surface area contributed by atoms with Crippen LogP contribution >= 0.6 is 0 Å². The van der Waals surface area contributed by atoms with Crippen LogP contribution in [-0.2, 0) is 19.2 Å². The molecule has 5 heterocycles. The number of aldehydes is 1. The van der Waals surface area contributed by atoms with Crippen molar-refractivity contribution in [1.29, 1.82) is 0 Å². The predicted octanol–water partition coefficient (Wildman–Crippen LogP) is 3.80. The molecule has 2 aromatic carbocycles. The number of amides is 4. The minimum absolute atomic E-state index is 0.0687. The average Bonchev–Trinajstić information content (AvgIpc) is 3.84. The van der Waals surface area contributed by atoms with Crippen LogP contribution in [0.3, 0.4) is 0 Å². The number of piperazine rings is 1. The Morgan fingerprint density at radius 2 is 1.68 bits per heavy atom. The van der Waals surface area contributed by atoms with Crippen molar-refractivity contribution in [2.24, 2.45) is 5.92 Å². The highest BCUT2D eigenvalue weighted by atomic mass is 19.3. The van der Waals surface area contributed by atoms with Crippen molar-refractivity contribution in [3.63, 3.8) is 0 Å². The van der Waals surface area contributed by atoms with E-state index in [0.29, 0.717) is 100.0 Å². The number of ether oxygens (including phenoxy) is 1. The molecule has 2 unspecified atom stereocenters. The van der Waals surface area contributed by atoms with E-state index in [4.69, 9.17) is 4.74 Å². The van der Waals surface area contributed by atoms with Gasteiger partial charge in [0.05, 0.1) is 31.2 Å². The maximum Gasteiger partial charge on any atom is 0.342 e. The number of aromatic nitrogens is 2. The third-order valence-corrected chi connectivity index (χ3v) is 13.7. The Labute approximate surface area is 382 Å². The molecule has 3 aromatic rings. The van der Waals surface area contributed by atoms with Crippen LogP contribution in [0.5, 0.6) is 5.75 Å². The number of benzene rings is 2. The van der Waals surface area contributed by atoms with Crippen LogP contribution in [0.25, 0.3) is 0 Å². The van der Waals surface area contributed by atoms with Crippen molar-refractivity contribution in [3.8, 4) is 5.75 Å². The van der Waals surface area contributed by atoms with Gasteiger partial charge >= 0.3 is 5.92 Å². The second kappa shape index (κ2) is 19.8. The van der Waals surface area contributed by atoms with Gasteiger partial charge in [-0.15, -0.1) is 0 Å². The molecule has 4 amide bonds. The molecule has 3 saturated heterocycles. The number of likely N-dealkylation sites (tertiary alicyclic amines) is 1. The lowest BCUT2D eigenvalue weighted by molar-refractivity contribution is -0.140. The van der Waals surface area contributed by atoms with E-state index in [2.05, 4.69) is 35.7 Å². The number of fused-ring (bicyclic) bond motifs is 1. The highest BCUT2D eigenvalue weighted by Gasteiger charge is 2.49. The third-order valence-electron chi connectivity index (χ3n) is 13.7. The molecule has 0 spiro atoms. The first-order chi connectivity index (χ1) is 31.7. The van der Waals surface area contributed by atoms with Gasteiger partial charge in [-0.1, -0.05) is 12.8 Å². The summed E-state index contributed by atoms with van der Waals surface area (Å²) >= 11 is 0. The van der Waals surface area contributed by atoms with E-state index in [1.54, 1.807) is 47.2 Å². The van der Waals surface area contributed by atoms with E-state index in [-0.39, 0.29) is 65.4 Å². The van der Waals surface area contributed by atoms with Crippen molar-refractivity contribution < 1.29 is 41.9 Å². The number of piperidine rings is 2. The molecule has 4 aliphatic heterocycles. The van der Waals surface area contributed by atoms with Gasteiger partial charge in [0.25, 0.3) is 11.8 Å². The van der Waals surface area contributed by atoms with Crippen molar-refractivity contribution >= 4 is 64.4 Å². The predicted molar refractivity (Wildman–Crippen MR) is 242 cm³/mol. The molecule has 2 atom stereocenters. The van der Waals surface area contributed by atoms with Crippen LogP contribution < -0.4 is 40.3 Å². The van der Waals surface area contributed by atoms with Crippen LogP contribution in [0, 0.1) is 11.7 Å². The molecular weight excluding hydrogens is 860 g/mol. The number of methoxy groups -OCH3 is 1. The number of imide groups is 1. The lowest BCUT2D eigenvalue weighted by Crippen LogP contribution is -2.51. The zero-order valence-corrected chi connectivity index (χ0v) is 37.6. The molecule has 5 aliphatic rings. The Morgan fingerprint density at radius 1 is 0.970 bits per heavy atom. The number of anilines is 6. The van der Waals surface area contributed by atoms with Gasteiger partial charge in [0.2, 0.25) is 17.8 Å². The molecular formula is C46H58F3N11O6. The number of rotatable bonds is 14. The fourth-order valence-corrected chi connectivity index (χ4v) is 9.87. The van der Waals surface area contributed by atoms with Crippen LogP contribution in [0.1, 0.15) is 61.7 Å². The maximum atomic E-state index is 15.4. The number of hydrogen-bond donors (Lipinski definition) is 3. The van der Waals surface area contributed by atoms with Crippen LogP contribution in [0.4, 0.5) is 47.7 Å². The second-order valence-corrected chi connectivity index (χ2v) is 18.0. The molecule has 1 aromatic heterocycles. The fourth-order valence-electron chi connectivity index (χ4n) is 9.87. The first-order valence-electron chi connectivity index (χ1n) is 22.8. The van der Waals surface area contributed by atoms with E-state index in [9.17, 15) is 24.0 Å². The summed E-state index contributed by atoms with van der Waals surface area (Å²) in [6.45, 7) is 4.37. The molecule has 4 fully saturated rings. The van der Waals surface area contributed by atoms with Crippen LogP contribution in [0.15, 0.2) is 42.6 Å². The van der Waals surface area contributed by atoms with Crippen molar-refractivity contribution in [2.45, 2.75) is 75.4 Å². The molecule has 3 N–H and O–H groups in total. The number of carbonyl (C=O) groups excluding carboxylic acids is 5. The number of carbonyl (C=O) groups is 5. The molecule has 0 radical (unpaired) electrons. The van der Waals surface area contributed by atoms with Gasteiger partial charge in [-0.3, -0.25) is 29.4 Å². The minimum Gasteiger partial charge on any atom is -0.495 e. The summed E-state index contributed by atoms with van der Waals surface area (Å²) in [5.74, 6) is -5.71. The number of nitrogens with one attached hydrogen (secondary N) is 3. The van der Waals surface area contributed by atoms with Gasteiger partial charge in [-0.2, -0.15) is 13.8 Å². The summed E-state index contributed by atoms with van der Waals surface area (Å²) in [5, 5.41) is 8.60. The molecule has 1 saturated carbocycles. The van der Waals surface area contributed by atoms with Crippen molar-refractivity contribution in [2.75, 3.05) is 105 Å². The average molecular weight is 918 g/mol. The number of hydrogen-bond acceptors (Lipinski definition) is 14. The second-order valence-electron chi connectivity index (χ2n) is 18.0. The van der Waals surface area contributed by atoms with Gasteiger partial charge in [-0.25, -0.2) is 9.37 Å². The van der Waals surface area contributed by atoms with E-state index < -0.39 is 24.4 Å². The zero-order chi connectivity index (χ0) is 46.7. The molecule has 8 rings (SSSR count). The summed E-state index contributed by atoms with van der Waals surface area (Å²) in [4.78, 5) is 82.0. The minimum atomic E-state index is -3.59. The summed E-state index contributed by atoms with van der Waals surface area (Å²) in [7, 11) is 4.50. The third kappa shape index (κ3) is 10.2. The molecule has 1 aliphatic carbocycles. The Bertz CT molecular complexity index is 2300. The monoisotopic (exact) mass is 917 g/mol. The van der Waals surface area contributed by atoms with Gasteiger partial charge in [-0.05, 0) is 68.5 Å². The quantitative estimate of drug-likeness (QED) is 0.157. The lowest BCUT2D eigenvalue weighted by atomic mass is 10.0.